The summed E-state index contributed by atoms with van der Waals surface area (Å²) in [5, 5.41) is 4.93. The molecule has 14 heavy (non-hydrogen) atoms. The molecule has 0 N–H and O–H groups in total. The lowest BCUT2D eigenvalue weighted by atomic mass is 9.96. The van der Waals surface area contributed by atoms with Gasteiger partial charge < -0.3 is 4.74 Å². The average molecular weight is 215 g/mol. The van der Waals surface area contributed by atoms with E-state index in [9.17, 15) is 0 Å². The Bertz CT molecular complexity index is 331. The van der Waals surface area contributed by atoms with Gasteiger partial charge in [0.1, 0.15) is 5.15 Å². The summed E-state index contributed by atoms with van der Waals surface area (Å²) in [5.41, 5.74) is 2.00. The quantitative estimate of drug-likeness (QED) is 0.773. The van der Waals surface area contributed by atoms with E-state index in [1.54, 1.807) is 4.68 Å². The van der Waals surface area contributed by atoms with Crippen molar-refractivity contribution in [1.29, 1.82) is 0 Å². The van der Waals surface area contributed by atoms with Crippen molar-refractivity contribution in [1.82, 2.24) is 9.78 Å². The molecular formula is C10H15ClN2O. The van der Waals surface area contributed by atoms with E-state index in [1.165, 1.54) is 19.3 Å². The van der Waals surface area contributed by atoms with Crippen molar-refractivity contribution in [2.24, 2.45) is 7.05 Å². The van der Waals surface area contributed by atoms with Crippen LogP contribution < -0.4 is 0 Å². The van der Waals surface area contributed by atoms with Gasteiger partial charge >= 0.3 is 0 Å². The minimum atomic E-state index is 0.450. The Hall–Kier alpha value is -0.540. The van der Waals surface area contributed by atoms with Crippen molar-refractivity contribution < 1.29 is 4.74 Å². The Morgan fingerprint density at radius 2 is 2.29 bits per heavy atom. The number of rotatable bonds is 3. The zero-order valence-corrected chi connectivity index (χ0v) is 9.34. The van der Waals surface area contributed by atoms with E-state index < -0.39 is 0 Å². The van der Waals surface area contributed by atoms with Crippen molar-refractivity contribution in [3.05, 3.63) is 16.4 Å². The number of halogens is 1. The van der Waals surface area contributed by atoms with Crippen LogP contribution in [0.1, 0.15) is 30.5 Å². The number of aromatic nitrogens is 2. The van der Waals surface area contributed by atoms with Gasteiger partial charge in [0.25, 0.3) is 0 Å². The smallest absolute Gasteiger partial charge is 0.132 e. The number of nitrogens with zero attached hydrogens (tertiary/aromatic N) is 2. The Morgan fingerprint density at radius 3 is 2.71 bits per heavy atom. The molecule has 0 atom stereocenters. The van der Waals surface area contributed by atoms with Crippen LogP contribution in [0.25, 0.3) is 0 Å². The highest BCUT2D eigenvalue weighted by molar-refractivity contribution is 6.30. The number of ether oxygens (including phenoxy) is 1. The molecule has 0 spiro atoms. The maximum atomic E-state index is 6.08. The molecule has 78 valence electrons. The summed E-state index contributed by atoms with van der Waals surface area (Å²) in [7, 11) is 1.85. The van der Waals surface area contributed by atoms with Crippen LogP contribution in [0.15, 0.2) is 0 Å². The first-order chi connectivity index (χ1) is 6.68. The van der Waals surface area contributed by atoms with Crippen molar-refractivity contribution >= 4 is 11.6 Å². The monoisotopic (exact) mass is 214 g/mol. The van der Waals surface area contributed by atoms with Crippen LogP contribution >= 0.6 is 11.6 Å². The predicted octanol–water partition coefficient (Wildman–Crippen LogP) is 2.45. The molecule has 0 saturated heterocycles. The van der Waals surface area contributed by atoms with E-state index in [2.05, 4.69) is 5.10 Å². The topological polar surface area (TPSA) is 27.1 Å². The molecule has 1 aromatic rings. The molecule has 0 radical (unpaired) electrons. The highest BCUT2D eigenvalue weighted by Crippen LogP contribution is 2.25. The number of aryl methyl sites for hydroxylation is 2. The summed E-state index contributed by atoms with van der Waals surface area (Å²) in [6.07, 6.45) is 4.13. The summed E-state index contributed by atoms with van der Waals surface area (Å²) in [6.45, 7) is 2.56. The molecule has 2 rings (SSSR count). The summed E-state index contributed by atoms with van der Waals surface area (Å²) in [6, 6.07) is 0. The van der Waals surface area contributed by atoms with Gasteiger partial charge in [-0.2, -0.15) is 5.10 Å². The number of hydrogen-bond acceptors (Lipinski definition) is 2. The maximum Gasteiger partial charge on any atom is 0.132 e. The van der Waals surface area contributed by atoms with E-state index in [4.69, 9.17) is 16.3 Å². The van der Waals surface area contributed by atoms with Gasteiger partial charge in [-0.05, 0) is 26.2 Å². The lowest BCUT2D eigenvalue weighted by Crippen LogP contribution is -2.21. The second-order valence-corrected chi connectivity index (χ2v) is 4.20. The Kier molecular flexibility index (Phi) is 2.79. The highest BCUT2D eigenvalue weighted by atomic mass is 35.5. The fourth-order valence-corrected chi connectivity index (χ4v) is 1.81. The fourth-order valence-electron chi connectivity index (χ4n) is 1.58. The minimum Gasteiger partial charge on any atom is -0.373 e. The zero-order valence-electron chi connectivity index (χ0n) is 8.59. The first-order valence-electron chi connectivity index (χ1n) is 4.98. The number of hydrogen-bond donors (Lipinski definition) is 0. The molecule has 0 amide bonds. The third-order valence-corrected chi connectivity index (χ3v) is 3.26. The first kappa shape index (κ1) is 9.99. The molecule has 0 bridgehead atoms. The largest absolute Gasteiger partial charge is 0.373 e. The van der Waals surface area contributed by atoms with Crippen LogP contribution in [0.4, 0.5) is 0 Å². The van der Waals surface area contributed by atoms with E-state index in [1.807, 2.05) is 14.0 Å². The zero-order chi connectivity index (χ0) is 10.1. The summed E-state index contributed by atoms with van der Waals surface area (Å²) in [5.74, 6) is 0. The van der Waals surface area contributed by atoms with Crippen LogP contribution in [0, 0.1) is 6.92 Å². The third-order valence-electron chi connectivity index (χ3n) is 2.79. The van der Waals surface area contributed by atoms with Crippen molar-refractivity contribution in [3.8, 4) is 0 Å². The Balaban J connectivity index is 2.00. The normalized spacial score (nSPS) is 17.1. The van der Waals surface area contributed by atoms with Crippen molar-refractivity contribution in [2.45, 2.75) is 38.9 Å². The van der Waals surface area contributed by atoms with Crippen LogP contribution in [0.3, 0.4) is 0 Å². The average Bonchev–Trinajstić information content (AvgIpc) is 2.28. The molecule has 4 heteroatoms. The van der Waals surface area contributed by atoms with Gasteiger partial charge in [0.2, 0.25) is 0 Å². The molecule has 1 fully saturated rings. The van der Waals surface area contributed by atoms with E-state index in [0.717, 1.165) is 11.3 Å². The van der Waals surface area contributed by atoms with Gasteiger partial charge in [-0.3, -0.25) is 4.68 Å². The van der Waals surface area contributed by atoms with Crippen molar-refractivity contribution in [2.75, 3.05) is 0 Å². The molecule has 1 aromatic heterocycles. The standard InChI is InChI=1S/C10H15ClN2O/c1-7-9(10(11)13(2)12-7)6-14-8-4-3-5-8/h8H,3-6H2,1-2H3. The summed E-state index contributed by atoms with van der Waals surface area (Å²) < 4.78 is 7.39. The Morgan fingerprint density at radius 1 is 1.57 bits per heavy atom. The first-order valence-corrected chi connectivity index (χ1v) is 5.36. The van der Waals surface area contributed by atoms with Gasteiger partial charge in [-0.25, -0.2) is 0 Å². The van der Waals surface area contributed by atoms with Crippen molar-refractivity contribution in [3.63, 3.8) is 0 Å². The lowest BCUT2D eigenvalue weighted by molar-refractivity contribution is -0.00883. The second-order valence-electron chi connectivity index (χ2n) is 3.84. The molecule has 3 nitrogen and oxygen atoms in total. The molecule has 0 aromatic carbocycles. The van der Waals surface area contributed by atoms with E-state index >= 15 is 0 Å². The predicted molar refractivity (Wildman–Crippen MR) is 55.4 cm³/mol. The van der Waals surface area contributed by atoms with E-state index in [-0.39, 0.29) is 0 Å². The van der Waals surface area contributed by atoms with Gasteiger partial charge in [-0.1, -0.05) is 11.6 Å². The molecular weight excluding hydrogens is 200 g/mol. The van der Waals surface area contributed by atoms with Gasteiger partial charge in [0, 0.05) is 12.6 Å². The van der Waals surface area contributed by atoms with Crippen LogP contribution in [-0.4, -0.2) is 15.9 Å². The van der Waals surface area contributed by atoms with Gasteiger partial charge in [0.15, 0.2) is 0 Å². The third kappa shape index (κ3) is 1.79. The molecule has 0 aliphatic heterocycles. The van der Waals surface area contributed by atoms with Crippen LogP contribution in [0.2, 0.25) is 5.15 Å². The van der Waals surface area contributed by atoms with E-state index in [0.29, 0.717) is 17.9 Å². The highest BCUT2D eigenvalue weighted by Gasteiger charge is 2.19. The molecule has 1 aliphatic rings. The molecule has 0 unspecified atom stereocenters. The lowest BCUT2D eigenvalue weighted by Gasteiger charge is -2.25. The van der Waals surface area contributed by atoms with Crippen LogP contribution in [-0.2, 0) is 18.4 Å². The molecule has 1 aliphatic carbocycles. The minimum absolute atomic E-state index is 0.450. The summed E-state index contributed by atoms with van der Waals surface area (Å²) in [4.78, 5) is 0. The molecule has 1 heterocycles. The SMILES string of the molecule is Cc1nn(C)c(Cl)c1COC1CCC1. The fraction of sp³-hybridized carbons (Fsp3) is 0.700. The molecule has 1 saturated carbocycles. The maximum absolute atomic E-state index is 6.08. The Labute approximate surface area is 89.0 Å². The summed E-state index contributed by atoms with van der Waals surface area (Å²) >= 11 is 6.08. The van der Waals surface area contributed by atoms with Crippen LogP contribution in [0.5, 0.6) is 0 Å². The van der Waals surface area contributed by atoms with Gasteiger partial charge in [-0.15, -0.1) is 0 Å². The van der Waals surface area contributed by atoms with Gasteiger partial charge in [0.05, 0.1) is 18.4 Å². The second kappa shape index (κ2) is 3.91.